The van der Waals surface area contributed by atoms with Gasteiger partial charge >= 0.3 is 6.03 Å². The summed E-state index contributed by atoms with van der Waals surface area (Å²) in [6, 6.07) is 23.3. The van der Waals surface area contributed by atoms with Gasteiger partial charge in [-0.3, -0.25) is 0 Å². The van der Waals surface area contributed by atoms with Crippen molar-refractivity contribution >= 4 is 29.0 Å². The van der Waals surface area contributed by atoms with Crippen LogP contribution < -0.4 is 10.6 Å². The molecule has 1 heterocycles. The molecule has 2 amide bonds. The number of urea groups is 1. The van der Waals surface area contributed by atoms with Gasteiger partial charge in [-0.25, -0.2) is 4.79 Å². The molecule has 0 atom stereocenters. The minimum atomic E-state index is -0.337. The maximum Gasteiger partial charge on any atom is 0.323 e. The van der Waals surface area contributed by atoms with E-state index >= 15 is 0 Å². The van der Waals surface area contributed by atoms with Crippen LogP contribution in [0.15, 0.2) is 83.4 Å². The number of carbonyl (C=O) groups excluding carboxylic acids is 1. The number of hydrogen-bond donors (Lipinski definition) is 2. The molecule has 28 heavy (non-hydrogen) atoms. The second kappa shape index (κ2) is 7.94. The van der Waals surface area contributed by atoms with Gasteiger partial charge < -0.3 is 15.2 Å². The van der Waals surface area contributed by atoms with E-state index in [-0.39, 0.29) is 6.03 Å². The third-order valence-corrected chi connectivity index (χ3v) is 4.14. The Bertz CT molecular complexity index is 1110. The highest BCUT2D eigenvalue weighted by molar-refractivity contribution is 6.30. The van der Waals surface area contributed by atoms with Gasteiger partial charge in [-0.1, -0.05) is 53.2 Å². The Hall–Kier alpha value is -3.64. The van der Waals surface area contributed by atoms with Crippen LogP contribution in [-0.4, -0.2) is 16.2 Å². The number of halogens is 1. The fourth-order valence-electron chi connectivity index (χ4n) is 2.63. The van der Waals surface area contributed by atoms with Gasteiger partial charge in [0.1, 0.15) is 0 Å². The summed E-state index contributed by atoms with van der Waals surface area (Å²) in [4.78, 5) is 16.6. The second-order valence-electron chi connectivity index (χ2n) is 5.96. The summed E-state index contributed by atoms with van der Waals surface area (Å²) < 4.78 is 5.34. The SMILES string of the molecule is O=C(Nc1ccccc1)Nc1cccc(-c2noc(-c3cccc(Cl)c3)n2)c1. The number of carbonyl (C=O) groups is 1. The first kappa shape index (κ1) is 17.8. The van der Waals surface area contributed by atoms with E-state index in [4.69, 9.17) is 16.1 Å². The van der Waals surface area contributed by atoms with Crippen molar-refractivity contribution in [3.05, 3.63) is 83.9 Å². The Morgan fingerprint density at radius 1 is 0.821 bits per heavy atom. The van der Waals surface area contributed by atoms with Crippen LogP contribution in [0.25, 0.3) is 22.8 Å². The highest BCUT2D eigenvalue weighted by Gasteiger charge is 2.12. The van der Waals surface area contributed by atoms with E-state index in [1.807, 2.05) is 54.6 Å². The van der Waals surface area contributed by atoms with Gasteiger partial charge in [-0.15, -0.1) is 0 Å². The number of nitrogens with zero attached hydrogens (tertiary/aromatic N) is 2. The zero-order chi connectivity index (χ0) is 19.3. The van der Waals surface area contributed by atoms with Crippen molar-refractivity contribution in [2.75, 3.05) is 10.6 Å². The molecule has 0 aliphatic carbocycles. The molecule has 0 aliphatic rings. The molecule has 7 heteroatoms. The van der Waals surface area contributed by atoms with E-state index in [9.17, 15) is 4.79 Å². The highest BCUT2D eigenvalue weighted by atomic mass is 35.5. The summed E-state index contributed by atoms with van der Waals surface area (Å²) in [5, 5.41) is 10.2. The van der Waals surface area contributed by atoms with Gasteiger partial charge in [0.15, 0.2) is 0 Å². The van der Waals surface area contributed by atoms with Gasteiger partial charge in [-0.2, -0.15) is 4.98 Å². The Labute approximate surface area is 166 Å². The van der Waals surface area contributed by atoms with Crippen LogP contribution in [0.2, 0.25) is 5.02 Å². The van der Waals surface area contributed by atoms with Crippen LogP contribution in [-0.2, 0) is 0 Å². The number of anilines is 2. The number of amides is 2. The largest absolute Gasteiger partial charge is 0.334 e. The van der Waals surface area contributed by atoms with Crippen molar-refractivity contribution in [1.29, 1.82) is 0 Å². The predicted octanol–water partition coefficient (Wildman–Crippen LogP) is 5.70. The molecule has 4 rings (SSSR count). The fourth-order valence-corrected chi connectivity index (χ4v) is 2.82. The van der Waals surface area contributed by atoms with Crippen molar-refractivity contribution in [3.63, 3.8) is 0 Å². The predicted molar refractivity (Wildman–Crippen MR) is 109 cm³/mol. The van der Waals surface area contributed by atoms with E-state index in [1.165, 1.54) is 0 Å². The molecule has 2 N–H and O–H groups in total. The lowest BCUT2D eigenvalue weighted by Crippen LogP contribution is -2.19. The number of aromatic nitrogens is 2. The van der Waals surface area contributed by atoms with Crippen LogP contribution >= 0.6 is 11.6 Å². The molecule has 0 aliphatic heterocycles. The van der Waals surface area contributed by atoms with Crippen LogP contribution in [0, 0.1) is 0 Å². The Kier molecular flexibility index (Phi) is 5.03. The third kappa shape index (κ3) is 4.19. The molecule has 0 bridgehead atoms. The zero-order valence-electron chi connectivity index (χ0n) is 14.6. The summed E-state index contributed by atoms with van der Waals surface area (Å²) in [5.41, 5.74) is 2.78. The smallest absolute Gasteiger partial charge is 0.323 e. The quantitative estimate of drug-likeness (QED) is 0.468. The first-order valence-corrected chi connectivity index (χ1v) is 8.88. The molecule has 0 saturated heterocycles. The van der Waals surface area contributed by atoms with E-state index in [0.29, 0.717) is 28.1 Å². The zero-order valence-corrected chi connectivity index (χ0v) is 15.4. The first-order valence-electron chi connectivity index (χ1n) is 8.50. The monoisotopic (exact) mass is 390 g/mol. The average molecular weight is 391 g/mol. The molecule has 6 nitrogen and oxygen atoms in total. The average Bonchev–Trinajstić information content (AvgIpc) is 3.19. The standard InChI is InChI=1S/C21H15ClN4O2/c22-16-8-4-7-15(12-16)20-25-19(26-28-20)14-6-5-11-18(13-14)24-21(27)23-17-9-2-1-3-10-17/h1-13H,(H2,23,24,27). The van der Waals surface area contributed by atoms with Crippen LogP contribution in [0.1, 0.15) is 0 Å². The molecule has 138 valence electrons. The van der Waals surface area contributed by atoms with Gasteiger partial charge in [0.2, 0.25) is 5.82 Å². The first-order chi connectivity index (χ1) is 13.7. The molecule has 1 aromatic heterocycles. The van der Waals surface area contributed by atoms with E-state index in [0.717, 1.165) is 11.1 Å². The third-order valence-electron chi connectivity index (χ3n) is 3.91. The maximum atomic E-state index is 12.2. The molecule has 0 saturated carbocycles. The minimum Gasteiger partial charge on any atom is -0.334 e. The van der Waals surface area contributed by atoms with Crippen molar-refractivity contribution in [1.82, 2.24) is 10.1 Å². The summed E-state index contributed by atoms with van der Waals surface area (Å²) >= 11 is 6.01. The summed E-state index contributed by atoms with van der Waals surface area (Å²) in [6.07, 6.45) is 0. The van der Waals surface area contributed by atoms with Crippen LogP contribution in [0.4, 0.5) is 16.2 Å². The van der Waals surface area contributed by atoms with Gasteiger partial charge in [-0.05, 0) is 42.5 Å². The van der Waals surface area contributed by atoms with Gasteiger partial charge in [0.25, 0.3) is 5.89 Å². The Morgan fingerprint density at radius 2 is 1.54 bits per heavy atom. The minimum absolute atomic E-state index is 0.337. The van der Waals surface area contributed by atoms with Gasteiger partial charge in [0, 0.05) is 27.5 Å². The number of nitrogens with one attached hydrogen (secondary N) is 2. The van der Waals surface area contributed by atoms with E-state index in [2.05, 4.69) is 20.8 Å². The van der Waals surface area contributed by atoms with Crippen molar-refractivity contribution in [3.8, 4) is 22.8 Å². The van der Waals surface area contributed by atoms with Crippen LogP contribution in [0.3, 0.4) is 0 Å². The van der Waals surface area contributed by atoms with E-state index in [1.54, 1.807) is 24.3 Å². The fraction of sp³-hybridized carbons (Fsp3) is 0. The Balaban J connectivity index is 1.50. The Morgan fingerprint density at radius 3 is 2.36 bits per heavy atom. The molecular formula is C21H15ClN4O2. The van der Waals surface area contributed by atoms with Crippen LogP contribution in [0.5, 0.6) is 0 Å². The number of rotatable bonds is 4. The molecular weight excluding hydrogens is 376 g/mol. The molecule has 4 aromatic rings. The normalized spacial score (nSPS) is 10.5. The molecule has 0 spiro atoms. The molecule has 0 radical (unpaired) electrons. The summed E-state index contributed by atoms with van der Waals surface area (Å²) in [7, 11) is 0. The number of hydrogen-bond acceptors (Lipinski definition) is 4. The van der Waals surface area contributed by atoms with Gasteiger partial charge in [0.05, 0.1) is 0 Å². The lowest BCUT2D eigenvalue weighted by atomic mass is 10.2. The maximum absolute atomic E-state index is 12.2. The summed E-state index contributed by atoms with van der Waals surface area (Å²) in [5.74, 6) is 0.791. The number of para-hydroxylation sites is 1. The molecule has 3 aromatic carbocycles. The lowest BCUT2D eigenvalue weighted by Gasteiger charge is -2.08. The van der Waals surface area contributed by atoms with Crippen molar-refractivity contribution in [2.45, 2.75) is 0 Å². The topological polar surface area (TPSA) is 80.0 Å². The number of benzene rings is 3. The van der Waals surface area contributed by atoms with E-state index < -0.39 is 0 Å². The highest BCUT2D eigenvalue weighted by Crippen LogP contribution is 2.25. The molecule has 0 unspecified atom stereocenters. The summed E-state index contributed by atoms with van der Waals surface area (Å²) in [6.45, 7) is 0. The van der Waals surface area contributed by atoms with Crippen molar-refractivity contribution in [2.24, 2.45) is 0 Å². The van der Waals surface area contributed by atoms with Crippen molar-refractivity contribution < 1.29 is 9.32 Å². The second-order valence-corrected chi connectivity index (χ2v) is 6.40. The molecule has 0 fully saturated rings. The lowest BCUT2D eigenvalue weighted by molar-refractivity contribution is 0.262.